The lowest BCUT2D eigenvalue weighted by molar-refractivity contribution is -0.623. The summed E-state index contributed by atoms with van der Waals surface area (Å²) in [6, 6.07) is 28.5. The number of benzene rings is 4. The molecule has 0 spiro atoms. The van der Waals surface area contributed by atoms with Crippen LogP contribution < -0.4 is 5.73 Å². The van der Waals surface area contributed by atoms with Crippen molar-refractivity contribution in [2.24, 2.45) is 20.7 Å². The normalized spacial score (nSPS) is 26.7. The van der Waals surface area contributed by atoms with E-state index in [9.17, 15) is 25.1 Å². The van der Waals surface area contributed by atoms with E-state index >= 15 is 14.4 Å². The largest absolute Gasteiger partial charge is 0.539 e. The number of aliphatic imine (C=N–C) groups is 3. The smallest absolute Gasteiger partial charge is 0.437 e. The summed E-state index contributed by atoms with van der Waals surface area (Å²) in [6.07, 6.45) is -2.24. The van der Waals surface area contributed by atoms with Gasteiger partial charge in [-0.05, 0) is 12.1 Å². The van der Waals surface area contributed by atoms with Crippen molar-refractivity contribution >= 4 is 40.7 Å². The number of hydrogen-bond acceptors (Lipinski definition) is 16. The van der Waals surface area contributed by atoms with Crippen molar-refractivity contribution < 1.29 is 48.5 Å². The minimum Gasteiger partial charge on any atom is -0.437 e. The van der Waals surface area contributed by atoms with Gasteiger partial charge in [0.2, 0.25) is 23.0 Å². The predicted molar refractivity (Wildman–Crippen MR) is 196 cm³/mol. The van der Waals surface area contributed by atoms with Gasteiger partial charge in [0.1, 0.15) is 23.4 Å². The van der Waals surface area contributed by atoms with E-state index in [-0.39, 0.29) is 28.0 Å². The number of ether oxygens (including phenoxy) is 3. The van der Waals surface area contributed by atoms with E-state index in [4.69, 9.17) is 19.9 Å². The highest BCUT2D eigenvalue weighted by molar-refractivity contribution is 6.68. The summed E-state index contributed by atoms with van der Waals surface area (Å²) < 4.78 is 17.9. The molecular formula is C39H32N6O11. The quantitative estimate of drug-likeness (QED) is 0.0616. The number of esters is 1. The van der Waals surface area contributed by atoms with Gasteiger partial charge in [0, 0.05) is 23.8 Å². The van der Waals surface area contributed by atoms with Crippen LogP contribution in [0.4, 0.5) is 0 Å². The number of carbonyl (C=O) groups excluding carboxylic acids is 4. The number of aliphatic hydroxyl groups excluding tert-OH is 1. The molecule has 0 bridgehead atoms. The molecular weight excluding hydrogens is 728 g/mol. The number of methoxy groups -OCH3 is 1. The van der Waals surface area contributed by atoms with E-state index in [1.165, 1.54) is 97.1 Å². The number of rotatable bonds is 12. The van der Waals surface area contributed by atoms with Crippen molar-refractivity contribution in [1.82, 2.24) is 4.90 Å². The molecule has 4 aromatic rings. The fraction of sp³-hybridized carbons (Fsp3) is 0.205. The summed E-state index contributed by atoms with van der Waals surface area (Å²) >= 11 is 0. The first-order valence-corrected chi connectivity index (χ1v) is 17.0. The number of aliphatic hydroxyl groups is 2. The molecule has 56 heavy (non-hydrogen) atoms. The van der Waals surface area contributed by atoms with Gasteiger partial charge in [0.05, 0.1) is 12.2 Å². The lowest BCUT2D eigenvalue weighted by Crippen LogP contribution is -2.79. The first-order valence-electron chi connectivity index (χ1n) is 17.0. The molecule has 0 saturated carbocycles. The molecule has 17 nitrogen and oxygen atoms in total. The van der Waals surface area contributed by atoms with Gasteiger partial charge in [-0.25, -0.2) is 4.79 Å². The van der Waals surface area contributed by atoms with Crippen molar-refractivity contribution in [3.63, 3.8) is 0 Å². The van der Waals surface area contributed by atoms with E-state index in [0.29, 0.717) is 0 Å². The average Bonchev–Trinajstić information content (AvgIpc) is 3.77. The van der Waals surface area contributed by atoms with Crippen LogP contribution in [-0.4, -0.2) is 110 Å². The topological polar surface area (TPSA) is 246 Å². The van der Waals surface area contributed by atoms with Crippen molar-refractivity contribution in [2.45, 2.75) is 29.0 Å². The second kappa shape index (κ2) is 14.1. The maximum Gasteiger partial charge on any atom is 0.539 e. The lowest BCUT2D eigenvalue weighted by atomic mass is 9.65. The van der Waals surface area contributed by atoms with Gasteiger partial charge in [-0.3, -0.25) is 39.1 Å². The summed E-state index contributed by atoms with van der Waals surface area (Å²) in [5.74, 6) is -9.33. The molecule has 1 fully saturated rings. The number of carbonyl (C=O) groups is 4. The van der Waals surface area contributed by atoms with E-state index in [2.05, 4.69) is 15.0 Å². The molecule has 0 radical (unpaired) electrons. The highest BCUT2D eigenvalue weighted by atomic mass is 16.7. The first kappa shape index (κ1) is 37.5. The molecule has 0 amide bonds. The number of nitro groups is 1. The van der Waals surface area contributed by atoms with Crippen LogP contribution in [0.2, 0.25) is 0 Å². The Kier molecular flexibility index (Phi) is 9.47. The van der Waals surface area contributed by atoms with E-state index in [1.807, 2.05) is 0 Å². The number of nitrogens with two attached hydrogens (primary N) is 1. The molecule has 0 aromatic heterocycles. The Bertz CT molecular complexity index is 2330. The summed E-state index contributed by atoms with van der Waals surface area (Å²) in [4.78, 5) is 85.8. The molecule has 7 rings (SSSR count). The molecule has 3 heterocycles. The summed E-state index contributed by atoms with van der Waals surface area (Å²) in [6.45, 7) is -2.01. The zero-order valence-corrected chi connectivity index (χ0v) is 29.4. The fourth-order valence-corrected chi connectivity index (χ4v) is 7.19. The highest BCUT2D eigenvalue weighted by Gasteiger charge is 2.87. The average molecular weight is 761 g/mol. The second-order valence-electron chi connectivity index (χ2n) is 12.8. The van der Waals surface area contributed by atoms with Crippen LogP contribution in [0.3, 0.4) is 0 Å². The standard InChI is InChI=1S/C39H32N6O11/c1-54-39(45(52)53)42-33(40)29-34(43-39)44(23-41-29)38(32(49)26-18-10-4-11-19-26)37(31(48)25-16-8-3-9-17-25,56-35(50)27-20-12-5-13-21-27)36(51,28(22-46)55-38)30(47)24-14-6-2-7-15-24/h2-21,28,46,51H,22-23H2,1H3,(H2,40,42)/t28-,36+,37-,38-,39?/m1/s1. The van der Waals surface area contributed by atoms with Crippen molar-refractivity contribution in [2.75, 3.05) is 20.4 Å². The lowest BCUT2D eigenvalue weighted by Gasteiger charge is -2.49. The molecule has 3 aliphatic heterocycles. The van der Waals surface area contributed by atoms with Crippen molar-refractivity contribution in [3.8, 4) is 0 Å². The van der Waals surface area contributed by atoms with Crippen LogP contribution in [0, 0.1) is 10.1 Å². The van der Waals surface area contributed by atoms with Gasteiger partial charge < -0.3 is 25.4 Å². The monoisotopic (exact) mass is 760 g/mol. The third-order valence-corrected chi connectivity index (χ3v) is 9.79. The fourth-order valence-electron chi connectivity index (χ4n) is 7.19. The van der Waals surface area contributed by atoms with Crippen LogP contribution in [0.1, 0.15) is 41.4 Å². The van der Waals surface area contributed by atoms with E-state index in [0.717, 1.165) is 12.0 Å². The second-order valence-corrected chi connectivity index (χ2v) is 12.8. The van der Waals surface area contributed by atoms with Gasteiger partial charge in [-0.1, -0.05) is 109 Å². The number of fused-ring (bicyclic) bond motifs is 1. The molecule has 17 heteroatoms. The van der Waals surface area contributed by atoms with Gasteiger partial charge in [-0.15, -0.1) is 9.98 Å². The Labute approximate surface area is 317 Å². The Morgan fingerprint density at radius 1 is 0.821 bits per heavy atom. The van der Waals surface area contributed by atoms with E-state index < -0.39 is 82.2 Å². The highest BCUT2D eigenvalue weighted by Crippen LogP contribution is 2.56. The number of Topliss-reactive ketones (excluding diaryl/α,β-unsaturated/α-hetero) is 3. The third-order valence-electron chi connectivity index (χ3n) is 9.79. The van der Waals surface area contributed by atoms with Crippen LogP contribution in [0.25, 0.3) is 0 Å². The molecule has 1 saturated heterocycles. The summed E-state index contributed by atoms with van der Waals surface area (Å²) in [7, 11) is 0.923. The van der Waals surface area contributed by atoms with Crippen LogP contribution in [0.15, 0.2) is 136 Å². The first-order chi connectivity index (χ1) is 26.9. The predicted octanol–water partition coefficient (Wildman–Crippen LogP) is 2.07. The molecule has 4 aromatic carbocycles. The van der Waals surface area contributed by atoms with Crippen LogP contribution >= 0.6 is 0 Å². The maximum absolute atomic E-state index is 15.8. The Hall–Kier alpha value is -6.79. The molecule has 4 N–H and O–H groups in total. The number of amidine groups is 2. The zero-order valence-electron chi connectivity index (χ0n) is 29.4. The van der Waals surface area contributed by atoms with Gasteiger partial charge in [0.15, 0.2) is 11.7 Å². The van der Waals surface area contributed by atoms with Crippen LogP contribution in [0.5, 0.6) is 0 Å². The Balaban J connectivity index is 1.65. The molecule has 284 valence electrons. The molecule has 1 unspecified atom stereocenters. The third kappa shape index (κ3) is 5.35. The van der Waals surface area contributed by atoms with Crippen LogP contribution in [-0.2, 0) is 14.2 Å². The number of hydrogen-bond donors (Lipinski definition) is 3. The molecule has 0 aliphatic carbocycles. The summed E-state index contributed by atoms with van der Waals surface area (Å²) in [5.41, 5.74) is -5.36. The zero-order chi connectivity index (χ0) is 39.9. The van der Waals surface area contributed by atoms with Crippen molar-refractivity contribution in [3.05, 3.63) is 154 Å². The van der Waals surface area contributed by atoms with Gasteiger partial charge >= 0.3 is 11.9 Å². The Morgan fingerprint density at radius 3 is 1.79 bits per heavy atom. The Morgan fingerprint density at radius 2 is 1.30 bits per heavy atom. The van der Waals surface area contributed by atoms with Gasteiger partial charge in [-0.2, -0.15) is 0 Å². The number of ketones is 3. The molecule has 3 aliphatic rings. The maximum atomic E-state index is 15.8. The van der Waals surface area contributed by atoms with Gasteiger partial charge in [0.25, 0.3) is 11.3 Å². The summed E-state index contributed by atoms with van der Waals surface area (Å²) in [5, 5.41) is 37.0. The number of nitrogens with zero attached hydrogens (tertiary/aromatic N) is 5. The van der Waals surface area contributed by atoms with E-state index in [1.54, 1.807) is 24.3 Å². The minimum atomic E-state index is -3.55. The minimum absolute atomic E-state index is 0.188. The van der Waals surface area contributed by atoms with Crippen molar-refractivity contribution in [1.29, 1.82) is 0 Å². The SMILES string of the molecule is COC1([N+](=O)[O-])N=C(N)C2=NCN([C@]3(C(=O)c4ccccc4)O[C@H](CO)[C@](O)(C(=O)c4ccccc4)[C@]3(OC(=O)c3ccccc3)C(=O)c3ccccc3)C2=N1. The molecule has 5 atom stereocenters.